The lowest BCUT2D eigenvalue weighted by Crippen LogP contribution is -2.60. The highest BCUT2D eigenvalue weighted by atomic mass is 32.3. The van der Waals surface area contributed by atoms with E-state index < -0.39 is 59.8 Å². The highest BCUT2D eigenvalue weighted by Gasteiger charge is 2.48. The SMILES string of the molecule is CCCCCCCC/C=C\CCCCCCCCCCOCC(COC1OC(CO)C(O)C(OS(=O)(=O)O)C1O)OC(=O)CCCCCCCCCCCCC/C=C\CCCCCCCCCC. The number of hydrogen-bond acceptors (Lipinski definition) is 11. The van der Waals surface area contributed by atoms with E-state index in [1.54, 1.807) is 0 Å². The lowest BCUT2D eigenvalue weighted by molar-refractivity contribution is -0.301. The molecule has 0 spiro atoms. The number of carbonyl (C=O) groups excluding carboxylic acids is 1. The molecule has 1 fully saturated rings. The topological polar surface area (TPSA) is 178 Å². The molecule has 402 valence electrons. The van der Waals surface area contributed by atoms with E-state index in [2.05, 4.69) is 42.3 Å². The first-order chi connectivity index (χ1) is 33.1. The smallest absolute Gasteiger partial charge is 0.397 e. The van der Waals surface area contributed by atoms with Crippen molar-refractivity contribution in [2.24, 2.45) is 0 Å². The third kappa shape index (κ3) is 39.2. The number of allylic oxidation sites excluding steroid dienone is 4. The summed E-state index contributed by atoms with van der Waals surface area (Å²) in [6.07, 6.45) is 46.4. The molecule has 0 aromatic rings. The van der Waals surface area contributed by atoms with Crippen LogP contribution < -0.4 is 0 Å². The molecule has 0 aromatic carbocycles. The molecule has 4 N–H and O–H groups in total. The van der Waals surface area contributed by atoms with Crippen LogP contribution in [0.3, 0.4) is 0 Å². The van der Waals surface area contributed by atoms with Gasteiger partial charge in [0.25, 0.3) is 0 Å². The zero-order valence-electron chi connectivity index (χ0n) is 43.4. The Labute approximate surface area is 416 Å². The summed E-state index contributed by atoms with van der Waals surface area (Å²) < 4.78 is 59.4. The van der Waals surface area contributed by atoms with Crippen LogP contribution in [-0.2, 0) is 38.3 Å². The average Bonchev–Trinajstić information content (AvgIpc) is 3.31. The number of esters is 1. The normalized spacial score (nSPS) is 19.4. The fourth-order valence-corrected chi connectivity index (χ4v) is 9.29. The molecule has 0 bridgehead atoms. The minimum Gasteiger partial charge on any atom is -0.457 e. The molecule has 1 heterocycles. The Morgan fingerprint density at radius 2 is 0.926 bits per heavy atom. The molecule has 13 heteroatoms. The van der Waals surface area contributed by atoms with Gasteiger partial charge in [0.2, 0.25) is 0 Å². The van der Waals surface area contributed by atoms with Gasteiger partial charge in [-0.1, -0.05) is 212 Å². The van der Waals surface area contributed by atoms with Crippen LogP contribution in [-0.4, -0.2) is 97.5 Å². The molecule has 6 atom stereocenters. The van der Waals surface area contributed by atoms with Crippen molar-refractivity contribution in [3.8, 4) is 0 Å². The van der Waals surface area contributed by atoms with E-state index in [4.69, 9.17) is 18.9 Å². The first-order valence-corrected chi connectivity index (χ1v) is 29.5. The van der Waals surface area contributed by atoms with E-state index in [1.165, 1.54) is 193 Å². The Balaban J connectivity index is 2.30. The van der Waals surface area contributed by atoms with Gasteiger partial charge in [-0.25, -0.2) is 4.18 Å². The largest absolute Gasteiger partial charge is 0.457 e. The van der Waals surface area contributed by atoms with Crippen molar-refractivity contribution in [3.63, 3.8) is 0 Å². The molecule has 12 nitrogen and oxygen atoms in total. The first-order valence-electron chi connectivity index (χ1n) is 28.1. The van der Waals surface area contributed by atoms with E-state index in [-0.39, 0.29) is 19.6 Å². The lowest BCUT2D eigenvalue weighted by Gasteiger charge is -2.41. The maximum absolute atomic E-state index is 12.9. The highest BCUT2D eigenvalue weighted by Crippen LogP contribution is 2.26. The number of aliphatic hydroxyl groups excluding tert-OH is 3. The average molecular weight is 989 g/mol. The molecule has 1 aliphatic rings. The van der Waals surface area contributed by atoms with Crippen molar-refractivity contribution in [2.75, 3.05) is 26.4 Å². The predicted octanol–water partition coefficient (Wildman–Crippen LogP) is 13.5. The van der Waals surface area contributed by atoms with E-state index in [0.717, 1.165) is 38.5 Å². The van der Waals surface area contributed by atoms with Crippen LogP contribution in [0.1, 0.15) is 258 Å². The second-order valence-electron chi connectivity index (χ2n) is 19.5. The molecule has 1 aliphatic heterocycles. The highest BCUT2D eigenvalue weighted by molar-refractivity contribution is 7.80. The summed E-state index contributed by atoms with van der Waals surface area (Å²) in [4.78, 5) is 12.9. The summed E-state index contributed by atoms with van der Waals surface area (Å²) in [5.74, 6) is -0.397. The molecule has 0 saturated carbocycles. The van der Waals surface area contributed by atoms with Gasteiger partial charge in [-0.2, -0.15) is 8.42 Å². The van der Waals surface area contributed by atoms with Crippen LogP contribution in [0, 0.1) is 0 Å². The summed E-state index contributed by atoms with van der Waals surface area (Å²) in [6.45, 7) is 4.03. The van der Waals surface area contributed by atoms with Crippen molar-refractivity contribution in [3.05, 3.63) is 24.3 Å². The number of ether oxygens (including phenoxy) is 4. The van der Waals surface area contributed by atoms with Crippen LogP contribution in [0.15, 0.2) is 24.3 Å². The van der Waals surface area contributed by atoms with Gasteiger partial charge in [0.15, 0.2) is 6.29 Å². The fraction of sp³-hybridized carbons (Fsp3) is 0.909. The lowest BCUT2D eigenvalue weighted by atomic mass is 9.99. The number of carbonyl (C=O) groups is 1. The van der Waals surface area contributed by atoms with E-state index >= 15 is 0 Å². The molecule has 0 radical (unpaired) electrons. The predicted molar refractivity (Wildman–Crippen MR) is 276 cm³/mol. The quantitative estimate of drug-likeness (QED) is 0.0196. The molecule has 1 saturated heterocycles. The maximum Gasteiger partial charge on any atom is 0.397 e. The van der Waals surface area contributed by atoms with Gasteiger partial charge < -0.3 is 34.3 Å². The minimum absolute atomic E-state index is 0.0371. The van der Waals surface area contributed by atoms with E-state index in [1.807, 2.05) is 0 Å². The van der Waals surface area contributed by atoms with Crippen LogP contribution in [0.2, 0.25) is 0 Å². The molecule has 68 heavy (non-hydrogen) atoms. The van der Waals surface area contributed by atoms with Crippen LogP contribution >= 0.6 is 0 Å². The van der Waals surface area contributed by atoms with Gasteiger partial charge in [-0.3, -0.25) is 9.35 Å². The van der Waals surface area contributed by atoms with Crippen molar-refractivity contribution >= 4 is 16.4 Å². The minimum atomic E-state index is -5.06. The summed E-state index contributed by atoms with van der Waals surface area (Å²) in [5.41, 5.74) is 0. The van der Waals surface area contributed by atoms with Crippen LogP contribution in [0.4, 0.5) is 0 Å². The Morgan fingerprint density at radius 1 is 0.544 bits per heavy atom. The zero-order chi connectivity index (χ0) is 49.6. The first kappa shape index (κ1) is 64.6. The summed E-state index contributed by atoms with van der Waals surface area (Å²) in [7, 11) is -5.06. The van der Waals surface area contributed by atoms with Crippen LogP contribution in [0.25, 0.3) is 0 Å². The van der Waals surface area contributed by atoms with Gasteiger partial charge in [0.1, 0.15) is 30.5 Å². The molecular formula is C55H104O12S. The Hall–Kier alpha value is -1.42. The summed E-state index contributed by atoms with van der Waals surface area (Å²) in [5, 5.41) is 30.8. The number of rotatable bonds is 50. The van der Waals surface area contributed by atoms with Gasteiger partial charge >= 0.3 is 16.4 Å². The van der Waals surface area contributed by atoms with Crippen molar-refractivity contribution < 1.29 is 56.2 Å². The standard InChI is InChI=1S/C55H104O12S/c1-3-5-7-9-11-13-15-17-19-21-23-24-25-26-27-28-30-32-34-36-38-40-42-44-51(57)65-49(48-64-55-53(59)54(67-68(60,61)62)52(58)50(46-56)66-55)47-63-45-43-41-39-37-35-33-31-29-22-20-18-16-14-12-10-8-6-4-2/h18,20-21,23,49-50,52-56,58-59H,3-17,19,22,24-48H2,1-2H3,(H,60,61,62)/b20-18-,23-21-. The van der Waals surface area contributed by atoms with Crippen molar-refractivity contribution in [2.45, 2.75) is 295 Å². The molecule has 0 amide bonds. The molecule has 6 unspecified atom stereocenters. The molecular weight excluding hydrogens is 885 g/mol. The van der Waals surface area contributed by atoms with E-state index in [9.17, 15) is 33.1 Å². The van der Waals surface area contributed by atoms with Crippen LogP contribution in [0.5, 0.6) is 0 Å². The third-order valence-corrected chi connectivity index (χ3v) is 13.5. The summed E-state index contributed by atoms with van der Waals surface area (Å²) in [6, 6.07) is 0. The number of unbranched alkanes of at least 4 members (excludes halogenated alkanes) is 33. The zero-order valence-corrected chi connectivity index (χ0v) is 44.3. The monoisotopic (exact) mass is 989 g/mol. The Morgan fingerprint density at radius 3 is 1.32 bits per heavy atom. The van der Waals surface area contributed by atoms with E-state index in [0.29, 0.717) is 13.0 Å². The third-order valence-electron chi connectivity index (χ3n) is 13.0. The van der Waals surface area contributed by atoms with Gasteiger partial charge in [-0.05, 0) is 64.2 Å². The Bertz CT molecular complexity index is 1280. The molecule has 0 aromatic heterocycles. The van der Waals surface area contributed by atoms with Gasteiger partial charge in [0.05, 0.1) is 19.8 Å². The fourth-order valence-electron chi connectivity index (χ4n) is 8.78. The Kier molecular flexibility index (Phi) is 44.3. The summed E-state index contributed by atoms with van der Waals surface area (Å²) >= 11 is 0. The van der Waals surface area contributed by atoms with Gasteiger partial charge in [-0.15, -0.1) is 0 Å². The number of hydrogen-bond donors (Lipinski definition) is 4. The maximum atomic E-state index is 12.9. The molecule has 0 aliphatic carbocycles. The van der Waals surface area contributed by atoms with Crippen molar-refractivity contribution in [1.29, 1.82) is 0 Å². The van der Waals surface area contributed by atoms with Gasteiger partial charge in [0, 0.05) is 13.0 Å². The van der Waals surface area contributed by atoms with Crippen molar-refractivity contribution in [1.82, 2.24) is 0 Å². The molecule has 1 rings (SSSR count). The number of aliphatic hydroxyl groups is 3. The second kappa shape index (κ2) is 46.6. The second-order valence-corrected chi connectivity index (χ2v) is 20.6.